The molecule has 3 aliphatic rings. The van der Waals surface area contributed by atoms with Crippen molar-refractivity contribution in [2.75, 3.05) is 37.7 Å². The molecule has 3 fully saturated rings. The van der Waals surface area contributed by atoms with Crippen LogP contribution in [0, 0.1) is 25.1 Å². The summed E-state index contributed by atoms with van der Waals surface area (Å²) in [5.41, 5.74) is -1.01. The van der Waals surface area contributed by atoms with Crippen LogP contribution in [0.5, 0.6) is 11.8 Å². The summed E-state index contributed by atoms with van der Waals surface area (Å²) in [6, 6.07) is 5.17. The van der Waals surface area contributed by atoms with Crippen LogP contribution in [-0.2, 0) is 0 Å². The number of nitrogens with zero attached hydrogens (tertiary/aromatic N) is 4. The zero-order chi connectivity index (χ0) is 30.3. The minimum atomic E-state index is -2.97. The van der Waals surface area contributed by atoms with E-state index in [-0.39, 0.29) is 57.4 Å². The third-order valence-electron chi connectivity index (χ3n) is 8.78. The highest BCUT2D eigenvalue weighted by Gasteiger charge is 2.50. The summed E-state index contributed by atoms with van der Waals surface area (Å²) in [5, 5.41) is 11.0. The lowest BCUT2D eigenvalue weighted by Crippen LogP contribution is -2.57. The first-order valence-electron chi connectivity index (χ1n) is 13.9. The maximum atomic E-state index is 14.8. The van der Waals surface area contributed by atoms with Crippen molar-refractivity contribution in [2.24, 2.45) is 0 Å². The molecule has 0 radical (unpaired) electrons. The number of benzene rings is 2. The summed E-state index contributed by atoms with van der Waals surface area (Å²) in [4.78, 5) is 25.7. The molecule has 5 heterocycles. The Kier molecular flexibility index (Phi) is 6.11. The number of hydrogen-bond donors (Lipinski definition) is 1. The highest BCUT2D eigenvalue weighted by atomic mass is 19.3. The molecule has 1 N–H and O–H groups in total. The van der Waals surface area contributed by atoms with Gasteiger partial charge in [0, 0.05) is 29.5 Å². The van der Waals surface area contributed by atoms with Gasteiger partial charge in [0.05, 0.1) is 29.7 Å². The zero-order valence-corrected chi connectivity index (χ0v) is 23.1. The molecule has 222 valence electrons. The van der Waals surface area contributed by atoms with E-state index in [0.29, 0.717) is 23.9 Å². The molecule has 7 rings (SSSR count). The summed E-state index contributed by atoms with van der Waals surface area (Å²) in [6.45, 7) is 1.42. The molecule has 0 unspecified atom stereocenters. The van der Waals surface area contributed by atoms with Crippen molar-refractivity contribution < 1.29 is 31.8 Å². The SMILES string of the molecule is C#Cc1c(F)ccc2cc(O)cc(-c3oc(=O)c4c(N5CC(F)(F)C5)nc(OC[C@@]56CCCN5C[C@H](F)C6)nc4c3C)c12. The molecule has 3 saturated heterocycles. The van der Waals surface area contributed by atoms with Crippen LogP contribution >= 0.6 is 0 Å². The molecule has 2 aromatic carbocycles. The molecule has 12 heteroatoms. The molecule has 2 aromatic heterocycles. The van der Waals surface area contributed by atoms with Gasteiger partial charge in [0.25, 0.3) is 5.92 Å². The fraction of sp³-hybridized carbons (Fsp3) is 0.387. The van der Waals surface area contributed by atoms with Gasteiger partial charge in [-0.15, -0.1) is 6.42 Å². The number of halogens is 4. The Morgan fingerprint density at radius 3 is 2.77 bits per heavy atom. The van der Waals surface area contributed by atoms with E-state index in [0.717, 1.165) is 19.4 Å². The van der Waals surface area contributed by atoms with Gasteiger partial charge >= 0.3 is 11.6 Å². The maximum absolute atomic E-state index is 14.8. The number of hydrogen-bond acceptors (Lipinski definition) is 8. The Morgan fingerprint density at radius 1 is 1.23 bits per heavy atom. The number of ether oxygens (including phenoxy) is 1. The summed E-state index contributed by atoms with van der Waals surface area (Å²) >= 11 is 0. The summed E-state index contributed by atoms with van der Waals surface area (Å²) in [7, 11) is 0. The highest BCUT2D eigenvalue weighted by Crippen LogP contribution is 2.42. The third kappa shape index (κ3) is 4.36. The first kappa shape index (κ1) is 27.5. The smallest absolute Gasteiger partial charge is 0.349 e. The average Bonchev–Trinajstić information content (AvgIpc) is 3.47. The second-order valence-corrected chi connectivity index (χ2v) is 11.6. The van der Waals surface area contributed by atoms with Crippen LogP contribution in [0.4, 0.5) is 23.4 Å². The molecule has 3 aliphatic heterocycles. The normalized spacial score (nSPS) is 23.0. The summed E-state index contributed by atoms with van der Waals surface area (Å²) < 4.78 is 68.7. The number of phenols is 1. The fourth-order valence-electron chi connectivity index (χ4n) is 6.82. The molecule has 4 aromatic rings. The van der Waals surface area contributed by atoms with E-state index in [1.165, 1.54) is 29.2 Å². The molecule has 8 nitrogen and oxygen atoms in total. The summed E-state index contributed by atoms with van der Waals surface area (Å²) in [5.74, 6) is -1.60. The largest absolute Gasteiger partial charge is 0.508 e. The number of phenolic OH excluding ortho intramolecular Hbond substituents is 1. The number of fused-ring (bicyclic) bond motifs is 3. The number of anilines is 1. The van der Waals surface area contributed by atoms with Gasteiger partial charge in [-0.2, -0.15) is 9.97 Å². The van der Waals surface area contributed by atoms with Crippen molar-refractivity contribution in [2.45, 2.75) is 43.8 Å². The number of alkyl halides is 3. The van der Waals surface area contributed by atoms with E-state index in [9.17, 15) is 27.5 Å². The second kappa shape index (κ2) is 9.57. The summed E-state index contributed by atoms with van der Waals surface area (Å²) in [6.07, 6.45) is 6.58. The van der Waals surface area contributed by atoms with Crippen LogP contribution in [-0.4, -0.2) is 70.4 Å². The Hall–Kier alpha value is -4.37. The predicted octanol–water partition coefficient (Wildman–Crippen LogP) is 4.95. The molecule has 0 amide bonds. The van der Waals surface area contributed by atoms with E-state index >= 15 is 0 Å². The lowest BCUT2D eigenvalue weighted by molar-refractivity contribution is -0.0266. The third-order valence-corrected chi connectivity index (χ3v) is 8.78. The van der Waals surface area contributed by atoms with E-state index in [4.69, 9.17) is 15.6 Å². The number of aryl methyl sites for hydroxylation is 1. The zero-order valence-electron chi connectivity index (χ0n) is 23.1. The maximum Gasteiger partial charge on any atom is 0.349 e. The van der Waals surface area contributed by atoms with Gasteiger partial charge in [-0.25, -0.2) is 22.4 Å². The van der Waals surface area contributed by atoms with Crippen LogP contribution in [0.2, 0.25) is 0 Å². The predicted molar refractivity (Wildman–Crippen MR) is 151 cm³/mol. The van der Waals surface area contributed by atoms with E-state index in [1.807, 2.05) is 0 Å². The van der Waals surface area contributed by atoms with Crippen molar-refractivity contribution in [3.05, 3.63) is 51.6 Å². The van der Waals surface area contributed by atoms with Gasteiger partial charge in [0.2, 0.25) is 0 Å². The number of aromatic nitrogens is 2. The van der Waals surface area contributed by atoms with Crippen LogP contribution in [0.15, 0.2) is 33.5 Å². The molecule has 0 spiro atoms. The molecule has 43 heavy (non-hydrogen) atoms. The standard InChI is InChI=1S/C31H26F4N4O4/c1-3-20-22(33)6-5-17-9-19(40)10-21(23(17)20)26-16(2)25-24(28(41)43-26)27(38-13-31(34,35)14-38)37-29(36-25)42-15-30-7-4-8-39(30)12-18(32)11-30/h1,5-6,9-10,18,40H,4,7-8,11-15H2,2H3/t18-,30+/m1/s1. The van der Waals surface area contributed by atoms with Crippen LogP contribution < -0.4 is 15.3 Å². The Morgan fingerprint density at radius 2 is 2.02 bits per heavy atom. The molecular weight excluding hydrogens is 568 g/mol. The first-order chi connectivity index (χ1) is 20.5. The van der Waals surface area contributed by atoms with Gasteiger partial charge < -0.3 is 19.2 Å². The van der Waals surface area contributed by atoms with Crippen molar-refractivity contribution in [1.82, 2.24) is 14.9 Å². The van der Waals surface area contributed by atoms with E-state index < -0.39 is 42.2 Å². The minimum absolute atomic E-state index is 0.0401. The van der Waals surface area contributed by atoms with Crippen LogP contribution in [0.1, 0.15) is 30.4 Å². The van der Waals surface area contributed by atoms with Crippen molar-refractivity contribution in [3.63, 3.8) is 0 Å². The van der Waals surface area contributed by atoms with Gasteiger partial charge in [-0.3, -0.25) is 4.90 Å². The molecule has 2 atom stereocenters. The second-order valence-electron chi connectivity index (χ2n) is 11.6. The lowest BCUT2D eigenvalue weighted by Gasteiger charge is -2.39. The topological polar surface area (TPSA) is 91.9 Å². The Balaban J connectivity index is 1.41. The molecular formula is C31H26F4N4O4. The monoisotopic (exact) mass is 594 g/mol. The van der Waals surface area contributed by atoms with Crippen molar-refractivity contribution in [1.29, 1.82) is 0 Å². The molecule has 0 aliphatic carbocycles. The van der Waals surface area contributed by atoms with Gasteiger partial charge in [-0.05, 0) is 49.9 Å². The lowest BCUT2D eigenvalue weighted by atomic mass is 9.95. The highest BCUT2D eigenvalue weighted by molar-refractivity contribution is 6.03. The number of rotatable bonds is 5. The molecule has 0 bridgehead atoms. The first-order valence-corrected chi connectivity index (χ1v) is 13.9. The Labute approximate surface area is 242 Å². The van der Waals surface area contributed by atoms with Gasteiger partial charge in [0.1, 0.15) is 35.5 Å². The quantitative estimate of drug-likeness (QED) is 0.257. The van der Waals surface area contributed by atoms with Crippen molar-refractivity contribution >= 4 is 27.5 Å². The van der Waals surface area contributed by atoms with Gasteiger partial charge in [-0.1, -0.05) is 12.0 Å². The Bertz CT molecular complexity index is 1910. The number of terminal acetylenes is 1. The van der Waals surface area contributed by atoms with E-state index in [1.54, 1.807) is 6.92 Å². The minimum Gasteiger partial charge on any atom is -0.508 e. The average molecular weight is 595 g/mol. The molecule has 0 saturated carbocycles. The number of aromatic hydroxyl groups is 1. The van der Waals surface area contributed by atoms with Crippen molar-refractivity contribution in [3.8, 4) is 35.4 Å². The van der Waals surface area contributed by atoms with Crippen LogP contribution in [0.3, 0.4) is 0 Å². The van der Waals surface area contributed by atoms with Gasteiger partial charge in [0.15, 0.2) is 5.82 Å². The fourth-order valence-corrected chi connectivity index (χ4v) is 6.82. The van der Waals surface area contributed by atoms with E-state index in [2.05, 4.69) is 20.8 Å². The van der Waals surface area contributed by atoms with Crippen LogP contribution in [0.25, 0.3) is 33.0 Å².